The summed E-state index contributed by atoms with van der Waals surface area (Å²) >= 11 is 0. The van der Waals surface area contributed by atoms with E-state index < -0.39 is 0 Å². The number of rotatable bonds is 6. The summed E-state index contributed by atoms with van der Waals surface area (Å²) in [6.07, 6.45) is 2.50. The number of nitrogens with one attached hydrogen (secondary N) is 1. The molecule has 1 aromatic heterocycles. The lowest BCUT2D eigenvalue weighted by Gasteiger charge is -2.28. The molecule has 4 rings (SSSR count). The second kappa shape index (κ2) is 8.45. The molecule has 0 unspecified atom stereocenters. The van der Waals surface area contributed by atoms with E-state index in [4.69, 9.17) is 4.42 Å². The van der Waals surface area contributed by atoms with Crippen LogP contribution in [-0.4, -0.2) is 31.4 Å². The van der Waals surface area contributed by atoms with Crippen LogP contribution in [0.15, 0.2) is 71.3 Å². The van der Waals surface area contributed by atoms with Gasteiger partial charge in [-0.15, -0.1) is 0 Å². The Labute approximate surface area is 176 Å². The van der Waals surface area contributed by atoms with Gasteiger partial charge in [-0.1, -0.05) is 30.3 Å². The van der Waals surface area contributed by atoms with E-state index in [1.54, 1.807) is 48.5 Å². The standard InChI is InChI=1S/C24H25N3O3/c1-17-14-18-8-3-5-11-21(18)27(17)16-23(28)26(2)22-12-6-4-10-20(22)24(29)25-15-19-9-7-13-30-19/h3-13,17H,14-16H2,1-2H3,(H,25,29)/t17-/m0/s1. The molecule has 154 valence electrons. The van der Waals surface area contributed by atoms with Crippen molar-refractivity contribution in [1.29, 1.82) is 0 Å². The lowest BCUT2D eigenvalue weighted by molar-refractivity contribution is -0.117. The van der Waals surface area contributed by atoms with Crippen molar-refractivity contribution in [3.63, 3.8) is 0 Å². The maximum absolute atomic E-state index is 13.1. The second-order valence-corrected chi connectivity index (χ2v) is 7.54. The van der Waals surface area contributed by atoms with Gasteiger partial charge in [-0.3, -0.25) is 9.59 Å². The average molecular weight is 403 g/mol. The number of para-hydroxylation sites is 2. The molecule has 0 saturated heterocycles. The third kappa shape index (κ3) is 3.94. The molecule has 1 N–H and O–H groups in total. The predicted molar refractivity (Wildman–Crippen MR) is 117 cm³/mol. The van der Waals surface area contributed by atoms with Gasteiger partial charge in [-0.25, -0.2) is 0 Å². The highest BCUT2D eigenvalue weighted by Gasteiger charge is 2.29. The Kier molecular flexibility index (Phi) is 5.57. The van der Waals surface area contributed by atoms with Crippen LogP contribution in [0.25, 0.3) is 0 Å². The van der Waals surface area contributed by atoms with E-state index in [0.29, 0.717) is 23.6 Å². The Hall–Kier alpha value is -3.54. The van der Waals surface area contributed by atoms with Gasteiger partial charge in [0.25, 0.3) is 5.91 Å². The molecule has 0 fully saturated rings. The van der Waals surface area contributed by atoms with Gasteiger partial charge in [0.1, 0.15) is 5.76 Å². The summed E-state index contributed by atoms with van der Waals surface area (Å²) in [7, 11) is 1.72. The molecule has 0 spiro atoms. The molecule has 2 aromatic carbocycles. The smallest absolute Gasteiger partial charge is 0.253 e. The maximum Gasteiger partial charge on any atom is 0.253 e. The molecule has 30 heavy (non-hydrogen) atoms. The van der Waals surface area contributed by atoms with E-state index in [0.717, 1.165) is 12.1 Å². The minimum absolute atomic E-state index is 0.0650. The first-order chi connectivity index (χ1) is 14.5. The second-order valence-electron chi connectivity index (χ2n) is 7.54. The molecule has 2 amide bonds. The van der Waals surface area contributed by atoms with E-state index in [2.05, 4.69) is 29.3 Å². The van der Waals surface area contributed by atoms with Crippen LogP contribution in [-0.2, 0) is 17.8 Å². The van der Waals surface area contributed by atoms with E-state index in [1.165, 1.54) is 5.56 Å². The highest BCUT2D eigenvalue weighted by atomic mass is 16.3. The Morgan fingerprint density at radius 2 is 1.87 bits per heavy atom. The topological polar surface area (TPSA) is 65.8 Å². The van der Waals surface area contributed by atoms with E-state index >= 15 is 0 Å². The van der Waals surface area contributed by atoms with Crippen molar-refractivity contribution in [1.82, 2.24) is 5.32 Å². The molecule has 3 aromatic rings. The lowest BCUT2D eigenvalue weighted by Crippen LogP contribution is -2.41. The van der Waals surface area contributed by atoms with Crippen LogP contribution in [0.3, 0.4) is 0 Å². The highest BCUT2D eigenvalue weighted by molar-refractivity contribution is 6.05. The minimum Gasteiger partial charge on any atom is -0.467 e. The van der Waals surface area contributed by atoms with Gasteiger partial charge in [-0.05, 0) is 49.2 Å². The highest BCUT2D eigenvalue weighted by Crippen LogP contribution is 2.32. The third-order valence-corrected chi connectivity index (χ3v) is 5.54. The van der Waals surface area contributed by atoms with Crippen molar-refractivity contribution in [2.75, 3.05) is 23.4 Å². The molecule has 1 atom stereocenters. The van der Waals surface area contributed by atoms with Crippen LogP contribution in [0.2, 0.25) is 0 Å². The van der Waals surface area contributed by atoms with Gasteiger partial charge in [-0.2, -0.15) is 0 Å². The largest absolute Gasteiger partial charge is 0.467 e. The number of furan rings is 1. The summed E-state index contributed by atoms with van der Waals surface area (Å²) in [5, 5.41) is 2.85. The first kappa shape index (κ1) is 19.8. The fourth-order valence-electron chi connectivity index (χ4n) is 3.89. The zero-order valence-corrected chi connectivity index (χ0v) is 17.2. The summed E-state index contributed by atoms with van der Waals surface area (Å²) in [5.74, 6) is 0.360. The SMILES string of the molecule is C[C@H]1Cc2ccccc2N1CC(=O)N(C)c1ccccc1C(=O)NCc1ccco1. The Morgan fingerprint density at radius 3 is 2.67 bits per heavy atom. The lowest BCUT2D eigenvalue weighted by atomic mass is 10.1. The fraction of sp³-hybridized carbons (Fsp3) is 0.250. The number of amides is 2. The van der Waals surface area contributed by atoms with Crippen LogP contribution in [0.4, 0.5) is 11.4 Å². The number of carbonyl (C=O) groups is 2. The minimum atomic E-state index is -0.249. The normalized spacial score (nSPS) is 15.0. The Morgan fingerprint density at radius 1 is 1.10 bits per heavy atom. The summed E-state index contributed by atoms with van der Waals surface area (Å²) < 4.78 is 5.26. The maximum atomic E-state index is 13.1. The van der Waals surface area contributed by atoms with Gasteiger partial charge in [0.15, 0.2) is 0 Å². The summed E-state index contributed by atoms with van der Waals surface area (Å²) in [6.45, 7) is 2.68. The molecule has 0 aliphatic carbocycles. The number of carbonyl (C=O) groups excluding carboxylic acids is 2. The van der Waals surface area contributed by atoms with Crippen LogP contribution in [0.5, 0.6) is 0 Å². The van der Waals surface area contributed by atoms with Crippen LogP contribution in [0, 0.1) is 0 Å². The number of hydrogen-bond donors (Lipinski definition) is 1. The predicted octanol–water partition coefficient (Wildman–Crippen LogP) is 3.62. The van der Waals surface area contributed by atoms with E-state index in [1.807, 2.05) is 18.2 Å². The van der Waals surface area contributed by atoms with Gasteiger partial charge in [0.05, 0.1) is 30.6 Å². The number of fused-ring (bicyclic) bond motifs is 1. The quantitative estimate of drug-likeness (QED) is 0.683. The van der Waals surface area contributed by atoms with Crippen molar-refractivity contribution in [3.8, 4) is 0 Å². The molecule has 0 radical (unpaired) electrons. The van der Waals surface area contributed by atoms with Crippen molar-refractivity contribution in [2.24, 2.45) is 0 Å². The van der Waals surface area contributed by atoms with Crippen molar-refractivity contribution < 1.29 is 14.0 Å². The molecule has 1 aliphatic rings. The van der Waals surface area contributed by atoms with Gasteiger partial charge in [0.2, 0.25) is 5.91 Å². The molecule has 1 aliphatic heterocycles. The summed E-state index contributed by atoms with van der Waals surface area (Å²) in [6, 6.07) is 19.2. The van der Waals surface area contributed by atoms with Crippen LogP contribution in [0.1, 0.15) is 28.6 Å². The average Bonchev–Trinajstić information content (AvgIpc) is 3.39. The first-order valence-corrected chi connectivity index (χ1v) is 10.1. The number of likely N-dealkylation sites (N-methyl/N-ethyl adjacent to an activating group) is 1. The molecule has 2 heterocycles. The monoisotopic (exact) mass is 403 g/mol. The summed E-state index contributed by atoms with van der Waals surface area (Å²) in [5.41, 5.74) is 3.41. The molecular formula is C24H25N3O3. The number of anilines is 2. The van der Waals surface area contributed by atoms with Gasteiger partial charge < -0.3 is 19.5 Å². The molecule has 0 bridgehead atoms. The number of nitrogens with zero attached hydrogens (tertiary/aromatic N) is 2. The summed E-state index contributed by atoms with van der Waals surface area (Å²) in [4.78, 5) is 29.6. The van der Waals surface area contributed by atoms with Crippen molar-refractivity contribution in [3.05, 3.63) is 83.8 Å². The molecular weight excluding hydrogens is 378 g/mol. The van der Waals surface area contributed by atoms with E-state index in [9.17, 15) is 9.59 Å². The zero-order valence-electron chi connectivity index (χ0n) is 17.2. The van der Waals surface area contributed by atoms with Gasteiger partial charge in [0, 0.05) is 18.8 Å². The Balaban J connectivity index is 1.48. The van der Waals surface area contributed by atoms with E-state index in [-0.39, 0.29) is 24.4 Å². The first-order valence-electron chi connectivity index (χ1n) is 10.1. The van der Waals surface area contributed by atoms with Crippen LogP contribution >= 0.6 is 0 Å². The van der Waals surface area contributed by atoms with Crippen molar-refractivity contribution >= 4 is 23.2 Å². The fourth-order valence-corrected chi connectivity index (χ4v) is 3.89. The number of benzene rings is 2. The molecule has 0 saturated carbocycles. The molecule has 6 heteroatoms. The molecule has 6 nitrogen and oxygen atoms in total. The zero-order chi connectivity index (χ0) is 21.1. The van der Waals surface area contributed by atoms with Crippen LogP contribution < -0.4 is 15.1 Å². The number of hydrogen-bond acceptors (Lipinski definition) is 4. The van der Waals surface area contributed by atoms with Crippen molar-refractivity contribution in [2.45, 2.75) is 25.9 Å². The third-order valence-electron chi connectivity index (χ3n) is 5.54. The van der Waals surface area contributed by atoms with Gasteiger partial charge >= 0.3 is 0 Å². The Bertz CT molecular complexity index is 1050.